The number of rotatable bonds is 3. The largest absolute Gasteiger partial charge is 0.530 e. The molecule has 1 aromatic heterocycles. The number of nitrogens with two attached hydrogens (primary N) is 1. The molecule has 2 aromatic rings. The highest BCUT2D eigenvalue weighted by Gasteiger charge is 2.44. The number of nitrogens with zero attached hydrogens (tertiary/aromatic N) is 2. The quantitative estimate of drug-likeness (QED) is 0.805. The number of anilines is 1. The average molecular weight is 379 g/mol. The van der Waals surface area contributed by atoms with E-state index in [9.17, 15) is 9.36 Å². The van der Waals surface area contributed by atoms with Gasteiger partial charge in [0.25, 0.3) is 0 Å². The standard InChI is InChI=1S/C16H18N3O6P/c17-14-6-7-19(16(20)18-14)15-8-11-9-22-26(21,23-10-13(11)24-15)25-12-4-2-1-3-5-12/h1-7,11,13,15H,8-10H2,(H2,17,18,20)/t11-,13-,15+,26?/m1/s1. The van der Waals surface area contributed by atoms with Crippen molar-refractivity contribution in [1.29, 1.82) is 0 Å². The molecule has 2 aliphatic rings. The summed E-state index contributed by atoms with van der Waals surface area (Å²) < 4.78 is 36.2. The molecule has 138 valence electrons. The van der Waals surface area contributed by atoms with E-state index in [1.807, 2.05) is 6.07 Å². The van der Waals surface area contributed by atoms with E-state index in [1.54, 1.807) is 30.5 Å². The molecule has 2 N–H and O–H groups in total. The average Bonchev–Trinajstić information content (AvgIpc) is 2.96. The lowest BCUT2D eigenvalue weighted by Gasteiger charge is -2.18. The van der Waals surface area contributed by atoms with Gasteiger partial charge in [-0.15, -0.1) is 0 Å². The number of para-hydroxylation sites is 1. The van der Waals surface area contributed by atoms with Gasteiger partial charge < -0.3 is 15.0 Å². The first-order chi connectivity index (χ1) is 12.5. The molecular formula is C16H18N3O6P. The molecule has 0 saturated carbocycles. The molecule has 10 heteroatoms. The third kappa shape index (κ3) is 3.52. The van der Waals surface area contributed by atoms with Gasteiger partial charge >= 0.3 is 13.5 Å². The molecule has 0 amide bonds. The smallest absolute Gasteiger partial charge is 0.404 e. The van der Waals surface area contributed by atoms with Gasteiger partial charge in [-0.25, -0.2) is 9.36 Å². The lowest BCUT2D eigenvalue weighted by atomic mass is 10.0. The van der Waals surface area contributed by atoms with Crippen LogP contribution in [-0.4, -0.2) is 28.9 Å². The maximum absolute atomic E-state index is 12.7. The fourth-order valence-corrected chi connectivity index (χ4v) is 4.27. The van der Waals surface area contributed by atoms with Crippen LogP contribution in [0.1, 0.15) is 12.6 Å². The van der Waals surface area contributed by atoms with E-state index in [0.29, 0.717) is 12.2 Å². The van der Waals surface area contributed by atoms with Crippen LogP contribution < -0.4 is 15.9 Å². The van der Waals surface area contributed by atoms with E-state index >= 15 is 0 Å². The summed E-state index contributed by atoms with van der Waals surface area (Å²) in [5.74, 6) is 0.477. The van der Waals surface area contributed by atoms with Crippen LogP contribution in [0.2, 0.25) is 0 Å². The SMILES string of the molecule is Nc1ccn([C@@H]2C[C@@H]3COP(=O)(Oc4ccccc4)OC[C@H]3O2)c(=O)n1. The van der Waals surface area contributed by atoms with Crippen molar-refractivity contribution in [3.8, 4) is 5.75 Å². The van der Waals surface area contributed by atoms with Crippen molar-refractivity contribution in [3.63, 3.8) is 0 Å². The molecule has 0 radical (unpaired) electrons. The maximum Gasteiger partial charge on any atom is 0.530 e. The van der Waals surface area contributed by atoms with Gasteiger partial charge in [-0.2, -0.15) is 4.98 Å². The molecular weight excluding hydrogens is 361 g/mol. The molecule has 4 rings (SSSR count). The van der Waals surface area contributed by atoms with Gasteiger partial charge in [0.05, 0.1) is 19.3 Å². The lowest BCUT2D eigenvalue weighted by molar-refractivity contribution is -0.0258. The predicted molar refractivity (Wildman–Crippen MR) is 91.5 cm³/mol. The third-order valence-electron chi connectivity index (χ3n) is 4.33. The Kier molecular flexibility index (Phi) is 4.54. The number of phosphoric ester groups is 1. The van der Waals surface area contributed by atoms with Gasteiger partial charge in [0.1, 0.15) is 17.8 Å². The Balaban J connectivity index is 1.44. The van der Waals surface area contributed by atoms with E-state index in [-0.39, 0.29) is 31.1 Å². The summed E-state index contributed by atoms with van der Waals surface area (Å²) in [5.41, 5.74) is 5.03. The van der Waals surface area contributed by atoms with E-state index in [0.717, 1.165) is 0 Å². The van der Waals surface area contributed by atoms with Crippen molar-refractivity contribution in [2.24, 2.45) is 5.92 Å². The second kappa shape index (κ2) is 6.85. The Morgan fingerprint density at radius 1 is 1.19 bits per heavy atom. The molecule has 1 unspecified atom stereocenters. The third-order valence-corrected chi connectivity index (χ3v) is 5.69. The first kappa shape index (κ1) is 17.2. The highest BCUT2D eigenvalue weighted by molar-refractivity contribution is 7.48. The van der Waals surface area contributed by atoms with E-state index in [4.69, 9.17) is 24.0 Å². The first-order valence-corrected chi connectivity index (χ1v) is 9.62. The number of nitrogen functional groups attached to an aromatic ring is 1. The molecule has 3 heterocycles. The summed E-state index contributed by atoms with van der Waals surface area (Å²) in [5, 5.41) is 0. The second-order valence-electron chi connectivity index (χ2n) is 6.11. The Bertz CT molecular complexity index is 869. The topological polar surface area (TPSA) is 115 Å². The molecule has 1 aromatic carbocycles. The van der Waals surface area contributed by atoms with Crippen LogP contribution in [0.4, 0.5) is 5.82 Å². The zero-order chi connectivity index (χ0) is 18.1. The summed E-state index contributed by atoms with van der Waals surface area (Å²) in [6.07, 6.45) is 1.20. The second-order valence-corrected chi connectivity index (χ2v) is 7.70. The van der Waals surface area contributed by atoms with Crippen LogP contribution in [0.3, 0.4) is 0 Å². The van der Waals surface area contributed by atoms with Crippen molar-refractivity contribution in [3.05, 3.63) is 53.1 Å². The van der Waals surface area contributed by atoms with Crippen molar-refractivity contribution in [2.45, 2.75) is 18.8 Å². The maximum atomic E-state index is 12.7. The summed E-state index contributed by atoms with van der Waals surface area (Å²) in [4.78, 5) is 15.7. The Hall–Kier alpha value is -2.19. The number of aromatic nitrogens is 2. The summed E-state index contributed by atoms with van der Waals surface area (Å²) in [7, 11) is -3.72. The number of benzene rings is 1. The van der Waals surface area contributed by atoms with Crippen LogP contribution in [-0.2, 0) is 18.3 Å². The fourth-order valence-electron chi connectivity index (χ4n) is 3.01. The predicted octanol–water partition coefficient (Wildman–Crippen LogP) is 1.96. The van der Waals surface area contributed by atoms with Gasteiger partial charge in [-0.1, -0.05) is 18.2 Å². The number of phosphoric acid groups is 1. The summed E-state index contributed by atoms with van der Waals surface area (Å²) in [6.45, 7) is 0.185. The van der Waals surface area contributed by atoms with E-state index in [1.165, 1.54) is 10.6 Å². The van der Waals surface area contributed by atoms with Crippen molar-refractivity contribution in [1.82, 2.24) is 9.55 Å². The minimum Gasteiger partial charge on any atom is -0.404 e. The fraction of sp³-hybridized carbons (Fsp3) is 0.375. The Labute approximate surface area is 149 Å². The number of ether oxygens (including phenoxy) is 1. The van der Waals surface area contributed by atoms with Crippen LogP contribution in [0, 0.1) is 5.92 Å². The molecule has 0 spiro atoms. The summed E-state index contributed by atoms with van der Waals surface area (Å²) in [6, 6.07) is 10.2. The molecule has 2 saturated heterocycles. The summed E-state index contributed by atoms with van der Waals surface area (Å²) >= 11 is 0. The highest BCUT2D eigenvalue weighted by atomic mass is 31.2. The van der Waals surface area contributed by atoms with Gasteiger partial charge in [0, 0.05) is 18.5 Å². The van der Waals surface area contributed by atoms with Crippen LogP contribution in [0.25, 0.3) is 0 Å². The molecule has 2 aliphatic heterocycles. The zero-order valence-corrected chi connectivity index (χ0v) is 14.7. The Morgan fingerprint density at radius 3 is 2.73 bits per heavy atom. The first-order valence-electron chi connectivity index (χ1n) is 8.16. The van der Waals surface area contributed by atoms with Crippen LogP contribution >= 0.6 is 7.82 Å². The van der Waals surface area contributed by atoms with Gasteiger partial charge in [-0.3, -0.25) is 13.6 Å². The zero-order valence-electron chi connectivity index (χ0n) is 13.8. The molecule has 26 heavy (non-hydrogen) atoms. The number of fused-ring (bicyclic) bond motifs is 1. The minimum absolute atomic E-state index is 0.0441. The highest BCUT2D eigenvalue weighted by Crippen LogP contribution is 2.53. The van der Waals surface area contributed by atoms with Crippen molar-refractivity contribution in [2.75, 3.05) is 18.9 Å². The minimum atomic E-state index is -3.72. The van der Waals surface area contributed by atoms with Crippen molar-refractivity contribution >= 4 is 13.6 Å². The molecule has 4 atom stereocenters. The normalized spacial score (nSPS) is 31.2. The molecule has 9 nitrogen and oxygen atoms in total. The lowest BCUT2D eigenvalue weighted by Crippen LogP contribution is -2.27. The van der Waals surface area contributed by atoms with E-state index < -0.39 is 19.7 Å². The van der Waals surface area contributed by atoms with Gasteiger partial charge in [-0.05, 0) is 18.2 Å². The van der Waals surface area contributed by atoms with Crippen molar-refractivity contribution < 1.29 is 22.9 Å². The number of hydrogen-bond donors (Lipinski definition) is 1. The number of hydrogen-bond acceptors (Lipinski definition) is 8. The van der Waals surface area contributed by atoms with Crippen LogP contribution in [0.5, 0.6) is 5.75 Å². The van der Waals surface area contributed by atoms with Gasteiger partial charge in [0.15, 0.2) is 0 Å². The molecule has 0 aliphatic carbocycles. The molecule has 2 fully saturated rings. The van der Waals surface area contributed by atoms with E-state index in [2.05, 4.69) is 4.98 Å². The Morgan fingerprint density at radius 2 is 1.96 bits per heavy atom. The molecule has 0 bridgehead atoms. The monoisotopic (exact) mass is 379 g/mol. The van der Waals surface area contributed by atoms with Gasteiger partial charge in [0.2, 0.25) is 0 Å². The van der Waals surface area contributed by atoms with Crippen LogP contribution in [0.15, 0.2) is 47.4 Å².